The normalized spacial score (nSPS) is 11.7. The van der Waals surface area contributed by atoms with Gasteiger partial charge in [-0.2, -0.15) is 0 Å². The number of amides is 1. The number of carbonyl (C=O) groups is 1. The van der Waals surface area contributed by atoms with Crippen LogP contribution < -0.4 is 10.5 Å². The Kier molecular flexibility index (Phi) is 4.99. The lowest BCUT2D eigenvalue weighted by Crippen LogP contribution is -2.12. The van der Waals surface area contributed by atoms with E-state index in [4.69, 9.17) is 15.0 Å². The number of hydrogen-bond acceptors (Lipinski definition) is 5. The van der Waals surface area contributed by atoms with Crippen LogP contribution in [0.4, 0.5) is 4.79 Å². The quantitative estimate of drug-likeness (QED) is 0.732. The first-order valence-electron chi connectivity index (χ1n) is 7.81. The largest absolute Gasteiger partial charge is 0.486 e. The standard InChI is InChI=1S/C19H18N2O4/c1-13(14-5-3-2-4-6-14)24-16-9-7-15(8-10-16)18-11-17(25-21-18)12-23-19(20)22/h2-11,13H,12H2,1H3,(H2,20,22). The second kappa shape index (κ2) is 7.53. The minimum Gasteiger partial charge on any atom is -0.486 e. The fraction of sp³-hybridized carbons (Fsp3) is 0.158. The van der Waals surface area contributed by atoms with Crippen LogP contribution in [0.25, 0.3) is 11.3 Å². The molecule has 6 nitrogen and oxygen atoms in total. The van der Waals surface area contributed by atoms with E-state index in [1.54, 1.807) is 6.07 Å². The maximum atomic E-state index is 10.6. The molecule has 1 atom stereocenters. The van der Waals surface area contributed by atoms with Crippen LogP contribution in [0.3, 0.4) is 0 Å². The number of ether oxygens (including phenoxy) is 2. The van der Waals surface area contributed by atoms with Crippen molar-refractivity contribution in [2.45, 2.75) is 19.6 Å². The van der Waals surface area contributed by atoms with Gasteiger partial charge < -0.3 is 19.7 Å². The van der Waals surface area contributed by atoms with Crippen molar-refractivity contribution in [1.82, 2.24) is 5.16 Å². The fourth-order valence-electron chi connectivity index (χ4n) is 2.36. The van der Waals surface area contributed by atoms with E-state index in [2.05, 4.69) is 9.89 Å². The van der Waals surface area contributed by atoms with Gasteiger partial charge in [0, 0.05) is 11.6 Å². The van der Waals surface area contributed by atoms with Crippen molar-refractivity contribution in [2.24, 2.45) is 5.73 Å². The highest BCUT2D eigenvalue weighted by Gasteiger charge is 2.10. The molecule has 0 saturated heterocycles. The van der Waals surface area contributed by atoms with Gasteiger partial charge in [-0.15, -0.1) is 0 Å². The van der Waals surface area contributed by atoms with E-state index in [-0.39, 0.29) is 12.7 Å². The summed E-state index contributed by atoms with van der Waals surface area (Å²) in [6.45, 7) is 1.96. The molecule has 0 aliphatic carbocycles. The van der Waals surface area contributed by atoms with Crippen molar-refractivity contribution < 1.29 is 18.8 Å². The first-order chi connectivity index (χ1) is 12.1. The zero-order valence-electron chi connectivity index (χ0n) is 13.7. The molecule has 1 aromatic heterocycles. The van der Waals surface area contributed by atoms with Crippen molar-refractivity contribution >= 4 is 6.09 Å². The Morgan fingerprint density at radius 3 is 2.56 bits per heavy atom. The minimum atomic E-state index is -0.855. The maximum Gasteiger partial charge on any atom is 0.404 e. The lowest BCUT2D eigenvalue weighted by molar-refractivity contribution is 0.137. The first-order valence-corrected chi connectivity index (χ1v) is 7.81. The Morgan fingerprint density at radius 2 is 1.88 bits per heavy atom. The third kappa shape index (κ3) is 4.38. The van der Waals surface area contributed by atoms with Gasteiger partial charge in [0.15, 0.2) is 12.4 Å². The highest BCUT2D eigenvalue weighted by molar-refractivity contribution is 5.64. The van der Waals surface area contributed by atoms with Crippen molar-refractivity contribution in [3.05, 3.63) is 72.0 Å². The van der Waals surface area contributed by atoms with Crippen LogP contribution in [-0.4, -0.2) is 11.2 Å². The van der Waals surface area contributed by atoms with Gasteiger partial charge in [-0.05, 0) is 36.8 Å². The van der Waals surface area contributed by atoms with Crippen LogP contribution in [0.15, 0.2) is 65.2 Å². The number of benzene rings is 2. The summed E-state index contributed by atoms with van der Waals surface area (Å²) in [5, 5.41) is 3.95. The molecule has 3 rings (SSSR count). The van der Waals surface area contributed by atoms with Crippen LogP contribution in [0, 0.1) is 0 Å². The molecule has 128 valence electrons. The summed E-state index contributed by atoms with van der Waals surface area (Å²) >= 11 is 0. The van der Waals surface area contributed by atoms with Gasteiger partial charge in [-0.25, -0.2) is 4.79 Å². The van der Waals surface area contributed by atoms with Gasteiger partial charge in [-0.1, -0.05) is 35.5 Å². The van der Waals surface area contributed by atoms with E-state index in [0.29, 0.717) is 11.5 Å². The van der Waals surface area contributed by atoms with E-state index in [0.717, 1.165) is 16.9 Å². The molecule has 25 heavy (non-hydrogen) atoms. The van der Waals surface area contributed by atoms with Crippen LogP contribution in [0.1, 0.15) is 24.4 Å². The summed E-state index contributed by atoms with van der Waals surface area (Å²) in [6.07, 6.45) is -0.899. The molecule has 0 radical (unpaired) electrons. The number of nitrogens with zero attached hydrogens (tertiary/aromatic N) is 1. The topological polar surface area (TPSA) is 87.6 Å². The average molecular weight is 338 g/mol. The average Bonchev–Trinajstić information content (AvgIpc) is 3.10. The molecule has 0 aliphatic rings. The van der Waals surface area contributed by atoms with E-state index in [1.165, 1.54) is 0 Å². The number of carbonyl (C=O) groups excluding carboxylic acids is 1. The molecule has 2 aromatic carbocycles. The highest BCUT2D eigenvalue weighted by atomic mass is 16.6. The van der Waals surface area contributed by atoms with Crippen LogP contribution >= 0.6 is 0 Å². The highest BCUT2D eigenvalue weighted by Crippen LogP contribution is 2.25. The molecule has 1 amide bonds. The number of nitrogens with two attached hydrogens (primary N) is 1. The Labute approximate surface area is 145 Å². The predicted molar refractivity (Wildman–Crippen MR) is 91.8 cm³/mol. The Hall–Kier alpha value is -3.28. The second-order valence-electron chi connectivity index (χ2n) is 5.48. The number of rotatable bonds is 6. The fourth-order valence-corrected chi connectivity index (χ4v) is 2.36. The molecular weight excluding hydrogens is 320 g/mol. The molecule has 0 saturated carbocycles. The van der Waals surface area contributed by atoms with Crippen LogP contribution in [0.2, 0.25) is 0 Å². The van der Waals surface area contributed by atoms with Gasteiger partial charge in [0.2, 0.25) is 0 Å². The Morgan fingerprint density at radius 1 is 1.16 bits per heavy atom. The summed E-state index contributed by atoms with van der Waals surface area (Å²) in [5.41, 5.74) is 7.55. The van der Waals surface area contributed by atoms with Crippen molar-refractivity contribution in [3.63, 3.8) is 0 Å². The number of primary amides is 1. The predicted octanol–water partition coefficient (Wildman–Crippen LogP) is 4.08. The molecular formula is C19H18N2O4. The molecule has 2 N–H and O–H groups in total. The van der Waals surface area contributed by atoms with Gasteiger partial charge in [-0.3, -0.25) is 0 Å². The summed E-state index contributed by atoms with van der Waals surface area (Å²) in [6, 6.07) is 19.3. The van der Waals surface area contributed by atoms with Gasteiger partial charge in [0.25, 0.3) is 0 Å². The zero-order valence-corrected chi connectivity index (χ0v) is 13.7. The third-order valence-electron chi connectivity index (χ3n) is 3.65. The van der Waals surface area contributed by atoms with E-state index in [1.807, 2.05) is 61.5 Å². The van der Waals surface area contributed by atoms with Crippen molar-refractivity contribution in [1.29, 1.82) is 0 Å². The molecule has 0 spiro atoms. The molecule has 6 heteroatoms. The lowest BCUT2D eigenvalue weighted by Gasteiger charge is -2.15. The monoisotopic (exact) mass is 338 g/mol. The van der Waals surface area contributed by atoms with Gasteiger partial charge in [0.05, 0.1) is 0 Å². The summed E-state index contributed by atoms with van der Waals surface area (Å²) in [4.78, 5) is 10.6. The number of hydrogen-bond donors (Lipinski definition) is 1. The van der Waals surface area contributed by atoms with Gasteiger partial charge >= 0.3 is 6.09 Å². The smallest absolute Gasteiger partial charge is 0.404 e. The summed E-state index contributed by atoms with van der Waals surface area (Å²) < 4.78 is 15.7. The third-order valence-corrected chi connectivity index (χ3v) is 3.65. The SMILES string of the molecule is CC(Oc1ccc(-c2cc(COC(N)=O)on2)cc1)c1ccccc1. The lowest BCUT2D eigenvalue weighted by atomic mass is 10.1. The van der Waals surface area contributed by atoms with E-state index >= 15 is 0 Å². The van der Waals surface area contributed by atoms with Crippen LogP contribution in [-0.2, 0) is 11.3 Å². The maximum absolute atomic E-state index is 10.6. The molecule has 3 aromatic rings. The number of aromatic nitrogens is 1. The van der Waals surface area contributed by atoms with Crippen molar-refractivity contribution in [3.8, 4) is 17.0 Å². The zero-order chi connectivity index (χ0) is 17.6. The Balaban J connectivity index is 1.65. The minimum absolute atomic E-state index is 0.0435. The molecule has 0 aliphatic heterocycles. The molecule has 0 bridgehead atoms. The van der Waals surface area contributed by atoms with E-state index in [9.17, 15) is 4.79 Å². The molecule has 0 fully saturated rings. The second-order valence-corrected chi connectivity index (χ2v) is 5.48. The summed E-state index contributed by atoms with van der Waals surface area (Å²) in [7, 11) is 0. The molecule has 1 unspecified atom stereocenters. The Bertz CT molecular complexity index is 828. The van der Waals surface area contributed by atoms with E-state index < -0.39 is 6.09 Å². The molecule has 1 heterocycles. The first kappa shape index (κ1) is 16.6. The van der Waals surface area contributed by atoms with Crippen LogP contribution in [0.5, 0.6) is 5.75 Å². The summed E-state index contributed by atoms with van der Waals surface area (Å²) in [5.74, 6) is 1.19. The van der Waals surface area contributed by atoms with Gasteiger partial charge in [0.1, 0.15) is 17.5 Å². The van der Waals surface area contributed by atoms with Crippen molar-refractivity contribution in [2.75, 3.05) is 0 Å².